The van der Waals surface area contributed by atoms with Crippen molar-refractivity contribution in [3.05, 3.63) is 35.4 Å². The van der Waals surface area contributed by atoms with E-state index >= 15 is 0 Å². The molecule has 1 aromatic rings. The van der Waals surface area contributed by atoms with Crippen LogP contribution in [0.1, 0.15) is 29.3 Å². The van der Waals surface area contributed by atoms with Gasteiger partial charge in [0.15, 0.2) is 0 Å². The molecule has 0 bridgehead atoms. The minimum Gasteiger partial charge on any atom is -0.350 e. The molecule has 1 aliphatic heterocycles. The first-order chi connectivity index (χ1) is 10.1. The fraction of sp³-hybridized carbons (Fsp3) is 0.467. The van der Waals surface area contributed by atoms with Crippen LogP contribution in [0.5, 0.6) is 0 Å². The Balaban J connectivity index is 1.79. The Bertz CT molecular complexity index is 521. The number of amides is 2. The van der Waals surface area contributed by atoms with Crippen molar-refractivity contribution < 1.29 is 14.0 Å². The monoisotopic (exact) mass is 293 g/mol. The summed E-state index contributed by atoms with van der Waals surface area (Å²) in [4.78, 5) is 23.6. The van der Waals surface area contributed by atoms with Gasteiger partial charge in [-0.2, -0.15) is 0 Å². The second kappa shape index (κ2) is 7.17. The van der Waals surface area contributed by atoms with Crippen LogP contribution in [0.3, 0.4) is 0 Å². The molecule has 114 valence electrons. The van der Waals surface area contributed by atoms with Crippen LogP contribution in [0.15, 0.2) is 24.3 Å². The molecule has 0 unspecified atom stereocenters. The van der Waals surface area contributed by atoms with Gasteiger partial charge < -0.3 is 16.0 Å². The van der Waals surface area contributed by atoms with Crippen molar-refractivity contribution in [3.8, 4) is 0 Å². The largest absolute Gasteiger partial charge is 0.350 e. The molecule has 0 spiro atoms. The molecule has 1 aromatic carbocycles. The number of carbonyl (C=O) groups is 2. The lowest BCUT2D eigenvalue weighted by Gasteiger charge is -2.12. The van der Waals surface area contributed by atoms with E-state index in [-0.39, 0.29) is 24.4 Å². The van der Waals surface area contributed by atoms with Gasteiger partial charge >= 0.3 is 0 Å². The molecule has 1 saturated heterocycles. The molecule has 1 heterocycles. The van der Waals surface area contributed by atoms with Crippen LogP contribution >= 0.6 is 0 Å². The SMILES string of the molecule is C[C@H]1C[C@@H](NC(=O)CNC(=O)c2cccc(CF)c2)CN1. The second-order valence-electron chi connectivity index (χ2n) is 5.33. The molecule has 1 fully saturated rings. The zero-order chi connectivity index (χ0) is 15.2. The number of alkyl halides is 1. The Hall–Kier alpha value is -1.95. The zero-order valence-electron chi connectivity index (χ0n) is 12.0. The topological polar surface area (TPSA) is 70.2 Å². The molecule has 6 heteroatoms. The van der Waals surface area contributed by atoms with Crippen LogP contribution in [0.25, 0.3) is 0 Å². The Morgan fingerprint density at radius 1 is 1.43 bits per heavy atom. The summed E-state index contributed by atoms with van der Waals surface area (Å²) in [5, 5.41) is 8.64. The molecule has 5 nitrogen and oxygen atoms in total. The fourth-order valence-corrected chi connectivity index (χ4v) is 2.38. The number of hydrogen-bond donors (Lipinski definition) is 3. The first-order valence-electron chi connectivity index (χ1n) is 7.04. The average molecular weight is 293 g/mol. The van der Waals surface area contributed by atoms with E-state index in [9.17, 15) is 14.0 Å². The van der Waals surface area contributed by atoms with Gasteiger partial charge in [0.25, 0.3) is 5.91 Å². The molecular weight excluding hydrogens is 273 g/mol. The maximum Gasteiger partial charge on any atom is 0.251 e. The van der Waals surface area contributed by atoms with Crippen molar-refractivity contribution in [1.82, 2.24) is 16.0 Å². The van der Waals surface area contributed by atoms with Gasteiger partial charge in [-0.1, -0.05) is 12.1 Å². The van der Waals surface area contributed by atoms with Crippen molar-refractivity contribution in [2.45, 2.75) is 32.1 Å². The molecule has 2 atom stereocenters. The molecule has 0 aliphatic carbocycles. The minimum absolute atomic E-state index is 0.0798. The van der Waals surface area contributed by atoms with Gasteiger partial charge in [0.2, 0.25) is 5.91 Å². The summed E-state index contributed by atoms with van der Waals surface area (Å²) in [5.41, 5.74) is 0.798. The molecule has 1 aliphatic rings. The van der Waals surface area contributed by atoms with Crippen LogP contribution in [-0.2, 0) is 11.5 Å². The fourth-order valence-electron chi connectivity index (χ4n) is 2.38. The summed E-state index contributed by atoms with van der Waals surface area (Å²) in [6.07, 6.45) is 0.887. The third-order valence-electron chi connectivity index (χ3n) is 3.47. The minimum atomic E-state index is -0.617. The number of rotatable bonds is 5. The molecule has 2 rings (SSSR count). The number of hydrogen-bond acceptors (Lipinski definition) is 3. The summed E-state index contributed by atoms with van der Waals surface area (Å²) in [7, 11) is 0. The van der Waals surface area contributed by atoms with E-state index in [1.165, 1.54) is 6.07 Å². The van der Waals surface area contributed by atoms with Gasteiger partial charge in [0.1, 0.15) is 6.67 Å². The van der Waals surface area contributed by atoms with Crippen molar-refractivity contribution >= 4 is 11.8 Å². The molecular formula is C15H20FN3O2. The van der Waals surface area contributed by atoms with E-state index < -0.39 is 6.67 Å². The van der Waals surface area contributed by atoms with Crippen molar-refractivity contribution in [3.63, 3.8) is 0 Å². The highest BCUT2D eigenvalue weighted by atomic mass is 19.1. The van der Waals surface area contributed by atoms with E-state index in [0.29, 0.717) is 17.2 Å². The highest BCUT2D eigenvalue weighted by Gasteiger charge is 2.22. The summed E-state index contributed by atoms with van der Waals surface area (Å²) in [6.45, 7) is 2.11. The number of halogens is 1. The van der Waals surface area contributed by atoms with Gasteiger partial charge in [0, 0.05) is 24.2 Å². The predicted octanol–water partition coefficient (Wildman–Crippen LogP) is 0.752. The molecule has 0 aromatic heterocycles. The van der Waals surface area contributed by atoms with Crippen LogP contribution in [-0.4, -0.2) is 37.0 Å². The number of nitrogens with one attached hydrogen (secondary N) is 3. The Morgan fingerprint density at radius 2 is 2.24 bits per heavy atom. The maximum absolute atomic E-state index is 12.5. The van der Waals surface area contributed by atoms with E-state index in [0.717, 1.165) is 13.0 Å². The molecule has 2 amide bonds. The second-order valence-corrected chi connectivity index (χ2v) is 5.33. The lowest BCUT2D eigenvalue weighted by Crippen LogP contribution is -2.42. The summed E-state index contributed by atoms with van der Waals surface area (Å²) < 4.78 is 12.5. The van der Waals surface area contributed by atoms with Crippen LogP contribution < -0.4 is 16.0 Å². The first-order valence-corrected chi connectivity index (χ1v) is 7.04. The van der Waals surface area contributed by atoms with Gasteiger partial charge in [-0.05, 0) is 31.0 Å². The lowest BCUT2D eigenvalue weighted by molar-refractivity contribution is -0.120. The number of carbonyl (C=O) groups excluding carboxylic acids is 2. The first kappa shape index (κ1) is 15.4. The average Bonchev–Trinajstić information content (AvgIpc) is 2.90. The Morgan fingerprint density at radius 3 is 2.90 bits per heavy atom. The van der Waals surface area contributed by atoms with Crippen LogP contribution in [0, 0.1) is 0 Å². The van der Waals surface area contributed by atoms with Crippen molar-refractivity contribution in [1.29, 1.82) is 0 Å². The highest BCUT2D eigenvalue weighted by molar-refractivity contribution is 5.96. The Kier molecular flexibility index (Phi) is 5.27. The third-order valence-corrected chi connectivity index (χ3v) is 3.47. The normalized spacial score (nSPS) is 21.0. The molecule has 0 radical (unpaired) electrons. The predicted molar refractivity (Wildman–Crippen MR) is 77.6 cm³/mol. The van der Waals surface area contributed by atoms with Crippen molar-refractivity contribution in [2.24, 2.45) is 0 Å². The van der Waals surface area contributed by atoms with Gasteiger partial charge in [-0.3, -0.25) is 9.59 Å². The molecule has 3 N–H and O–H groups in total. The van der Waals surface area contributed by atoms with Gasteiger partial charge in [-0.25, -0.2) is 4.39 Å². The van der Waals surface area contributed by atoms with E-state index in [1.54, 1.807) is 18.2 Å². The summed E-state index contributed by atoms with van der Waals surface area (Å²) in [6, 6.07) is 6.81. The van der Waals surface area contributed by atoms with Crippen LogP contribution in [0.2, 0.25) is 0 Å². The van der Waals surface area contributed by atoms with Gasteiger partial charge in [0.05, 0.1) is 6.54 Å². The lowest BCUT2D eigenvalue weighted by atomic mass is 10.1. The number of benzene rings is 1. The van der Waals surface area contributed by atoms with E-state index in [4.69, 9.17) is 0 Å². The van der Waals surface area contributed by atoms with E-state index in [1.807, 2.05) is 0 Å². The molecule has 21 heavy (non-hydrogen) atoms. The summed E-state index contributed by atoms with van der Waals surface area (Å²) >= 11 is 0. The highest BCUT2D eigenvalue weighted by Crippen LogP contribution is 2.07. The quantitative estimate of drug-likeness (QED) is 0.750. The standard InChI is InChI=1S/C15H20FN3O2/c1-10-5-13(8-17-10)19-14(20)9-18-15(21)12-4-2-3-11(6-12)7-16/h2-4,6,10,13,17H,5,7-9H2,1H3,(H,18,21)(H,19,20)/t10-,13+/m0/s1. The maximum atomic E-state index is 12.5. The smallest absolute Gasteiger partial charge is 0.251 e. The van der Waals surface area contributed by atoms with Crippen LogP contribution in [0.4, 0.5) is 4.39 Å². The molecule has 0 saturated carbocycles. The van der Waals surface area contributed by atoms with Gasteiger partial charge in [-0.15, -0.1) is 0 Å². The zero-order valence-corrected chi connectivity index (χ0v) is 12.0. The van der Waals surface area contributed by atoms with Crippen molar-refractivity contribution in [2.75, 3.05) is 13.1 Å². The third kappa shape index (κ3) is 4.53. The summed E-state index contributed by atoms with van der Waals surface area (Å²) in [5.74, 6) is -0.593. The van der Waals surface area contributed by atoms with E-state index in [2.05, 4.69) is 22.9 Å². The Labute approximate surface area is 123 Å².